The van der Waals surface area contributed by atoms with E-state index in [0.29, 0.717) is 0 Å². The van der Waals surface area contributed by atoms with Crippen LogP contribution in [0.15, 0.2) is 42.5 Å². The summed E-state index contributed by atoms with van der Waals surface area (Å²) in [5.41, 5.74) is 11.4. The Morgan fingerprint density at radius 3 is 2.35 bits per heavy atom. The predicted octanol–water partition coefficient (Wildman–Crippen LogP) is 3.44. The van der Waals surface area contributed by atoms with E-state index in [9.17, 15) is 4.79 Å². The third-order valence-corrected chi connectivity index (χ3v) is 3.26. The summed E-state index contributed by atoms with van der Waals surface area (Å²) in [6.07, 6.45) is -0.0592. The molecule has 2 rings (SSSR count). The average molecular weight is 269 g/mol. The Labute approximate surface area is 119 Å². The maximum absolute atomic E-state index is 10.7. The molecule has 2 aromatic rings. The monoisotopic (exact) mass is 269 g/mol. The molecule has 0 saturated heterocycles. The van der Waals surface area contributed by atoms with Gasteiger partial charge in [0.1, 0.15) is 0 Å². The van der Waals surface area contributed by atoms with Gasteiger partial charge in [0, 0.05) is 6.04 Å². The fraction of sp³-hybridized carbons (Fsp3) is 0.235. The van der Waals surface area contributed by atoms with E-state index in [2.05, 4.69) is 32.0 Å². The van der Waals surface area contributed by atoms with Gasteiger partial charge >= 0.3 is 5.97 Å². The SMILES string of the molecule is Cc1cc(C)cc(-c2cccc(C(N)CC(=O)O)c2)c1. The molecule has 0 aliphatic carbocycles. The highest BCUT2D eigenvalue weighted by Crippen LogP contribution is 2.25. The molecule has 20 heavy (non-hydrogen) atoms. The summed E-state index contributed by atoms with van der Waals surface area (Å²) >= 11 is 0. The van der Waals surface area contributed by atoms with Crippen molar-refractivity contribution in [1.29, 1.82) is 0 Å². The molecule has 0 aliphatic heterocycles. The van der Waals surface area contributed by atoms with E-state index in [4.69, 9.17) is 10.8 Å². The summed E-state index contributed by atoms with van der Waals surface area (Å²) < 4.78 is 0. The van der Waals surface area contributed by atoms with Crippen LogP contribution in [-0.2, 0) is 4.79 Å². The first-order valence-corrected chi connectivity index (χ1v) is 6.61. The minimum atomic E-state index is -0.880. The Hall–Kier alpha value is -2.13. The Morgan fingerprint density at radius 2 is 1.75 bits per heavy atom. The van der Waals surface area contributed by atoms with Gasteiger partial charge in [-0.2, -0.15) is 0 Å². The van der Waals surface area contributed by atoms with Crippen molar-refractivity contribution in [3.63, 3.8) is 0 Å². The summed E-state index contributed by atoms with van der Waals surface area (Å²) in [6.45, 7) is 4.13. The van der Waals surface area contributed by atoms with Crippen molar-refractivity contribution < 1.29 is 9.90 Å². The van der Waals surface area contributed by atoms with Crippen molar-refractivity contribution in [2.45, 2.75) is 26.3 Å². The topological polar surface area (TPSA) is 63.3 Å². The zero-order chi connectivity index (χ0) is 14.7. The third kappa shape index (κ3) is 3.45. The van der Waals surface area contributed by atoms with Gasteiger partial charge in [0.25, 0.3) is 0 Å². The van der Waals surface area contributed by atoms with Gasteiger partial charge in [-0.25, -0.2) is 0 Å². The van der Waals surface area contributed by atoms with Gasteiger partial charge in [-0.05, 0) is 36.6 Å². The average Bonchev–Trinajstić information content (AvgIpc) is 2.37. The van der Waals surface area contributed by atoms with E-state index in [-0.39, 0.29) is 6.42 Å². The van der Waals surface area contributed by atoms with Crippen LogP contribution in [0.4, 0.5) is 0 Å². The number of carboxylic acid groups (broad SMARTS) is 1. The molecule has 1 atom stereocenters. The van der Waals surface area contributed by atoms with Crippen LogP contribution in [0.3, 0.4) is 0 Å². The first-order chi connectivity index (χ1) is 9.45. The number of hydrogen-bond donors (Lipinski definition) is 2. The second-order valence-corrected chi connectivity index (χ2v) is 5.21. The van der Waals surface area contributed by atoms with E-state index in [0.717, 1.165) is 16.7 Å². The zero-order valence-corrected chi connectivity index (χ0v) is 11.8. The van der Waals surface area contributed by atoms with Crippen molar-refractivity contribution in [2.75, 3.05) is 0 Å². The van der Waals surface area contributed by atoms with Crippen LogP contribution in [0.2, 0.25) is 0 Å². The van der Waals surface area contributed by atoms with Gasteiger partial charge < -0.3 is 10.8 Å². The second-order valence-electron chi connectivity index (χ2n) is 5.21. The van der Waals surface area contributed by atoms with Crippen LogP contribution in [0.1, 0.15) is 29.2 Å². The van der Waals surface area contributed by atoms with Crippen molar-refractivity contribution in [2.24, 2.45) is 5.73 Å². The Balaban J connectivity index is 2.36. The molecule has 3 N–H and O–H groups in total. The highest BCUT2D eigenvalue weighted by molar-refractivity contribution is 5.69. The van der Waals surface area contributed by atoms with Crippen LogP contribution in [0, 0.1) is 13.8 Å². The maximum Gasteiger partial charge on any atom is 0.305 e. The molecule has 3 heteroatoms. The largest absolute Gasteiger partial charge is 0.481 e. The number of rotatable bonds is 4. The molecule has 0 heterocycles. The molecule has 0 aromatic heterocycles. The molecule has 3 nitrogen and oxygen atoms in total. The zero-order valence-electron chi connectivity index (χ0n) is 11.8. The maximum atomic E-state index is 10.7. The van der Waals surface area contributed by atoms with Crippen molar-refractivity contribution in [3.05, 3.63) is 59.2 Å². The lowest BCUT2D eigenvalue weighted by atomic mass is 9.96. The van der Waals surface area contributed by atoms with Gasteiger partial charge in [0.15, 0.2) is 0 Å². The highest BCUT2D eigenvalue weighted by Gasteiger charge is 2.11. The van der Waals surface area contributed by atoms with Crippen LogP contribution < -0.4 is 5.73 Å². The Kier molecular flexibility index (Phi) is 4.20. The minimum Gasteiger partial charge on any atom is -0.481 e. The predicted molar refractivity (Wildman–Crippen MR) is 80.5 cm³/mol. The first kappa shape index (κ1) is 14.3. The fourth-order valence-corrected chi connectivity index (χ4v) is 2.40. The number of nitrogens with two attached hydrogens (primary N) is 1. The van der Waals surface area contributed by atoms with Gasteiger partial charge in [0.2, 0.25) is 0 Å². The summed E-state index contributed by atoms with van der Waals surface area (Å²) in [5.74, 6) is -0.880. The molecule has 0 saturated carbocycles. The molecule has 1 unspecified atom stereocenters. The van der Waals surface area contributed by atoms with Crippen molar-refractivity contribution in [3.8, 4) is 11.1 Å². The minimum absolute atomic E-state index is 0.0592. The lowest BCUT2D eigenvalue weighted by Gasteiger charge is -2.12. The van der Waals surface area contributed by atoms with E-state index >= 15 is 0 Å². The fourth-order valence-electron chi connectivity index (χ4n) is 2.40. The first-order valence-electron chi connectivity index (χ1n) is 6.61. The molecular weight excluding hydrogens is 250 g/mol. The molecule has 2 aromatic carbocycles. The Morgan fingerprint density at radius 1 is 1.10 bits per heavy atom. The molecule has 0 fully saturated rings. The highest BCUT2D eigenvalue weighted by atomic mass is 16.4. The Bertz CT molecular complexity index is 614. The number of hydrogen-bond acceptors (Lipinski definition) is 2. The number of benzene rings is 2. The molecule has 0 bridgehead atoms. The second kappa shape index (κ2) is 5.88. The number of aryl methyl sites for hydroxylation is 2. The summed E-state index contributed by atoms with van der Waals surface area (Å²) in [4.78, 5) is 10.7. The number of carboxylic acids is 1. The van der Waals surface area contributed by atoms with E-state index in [1.54, 1.807) is 0 Å². The third-order valence-electron chi connectivity index (χ3n) is 3.26. The lowest BCUT2D eigenvalue weighted by Crippen LogP contribution is -2.14. The summed E-state index contributed by atoms with van der Waals surface area (Å²) in [7, 11) is 0. The molecule has 104 valence electrons. The van der Waals surface area contributed by atoms with E-state index < -0.39 is 12.0 Å². The van der Waals surface area contributed by atoms with Crippen molar-refractivity contribution >= 4 is 5.97 Å². The van der Waals surface area contributed by atoms with Crippen LogP contribution >= 0.6 is 0 Å². The summed E-state index contributed by atoms with van der Waals surface area (Å²) in [5, 5.41) is 8.82. The quantitative estimate of drug-likeness (QED) is 0.893. The van der Waals surface area contributed by atoms with Gasteiger partial charge in [-0.15, -0.1) is 0 Å². The smallest absolute Gasteiger partial charge is 0.305 e. The molecule has 0 amide bonds. The van der Waals surface area contributed by atoms with Crippen LogP contribution in [0.25, 0.3) is 11.1 Å². The summed E-state index contributed by atoms with van der Waals surface area (Å²) in [6, 6.07) is 13.7. The molecule has 0 spiro atoms. The van der Waals surface area contributed by atoms with Crippen LogP contribution in [-0.4, -0.2) is 11.1 Å². The normalized spacial score (nSPS) is 12.2. The van der Waals surface area contributed by atoms with Crippen LogP contribution in [0.5, 0.6) is 0 Å². The standard InChI is InChI=1S/C17H19NO2/c1-11-6-12(2)8-15(7-11)13-4-3-5-14(9-13)16(18)10-17(19)20/h3-9,16H,10,18H2,1-2H3,(H,19,20). The van der Waals surface area contributed by atoms with Crippen molar-refractivity contribution in [1.82, 2.24) is 0 Å². The van der Waals surface area contributed by atoms with Gasteiger partial charge in [-0.3, -0.25) is 4.79 Å². The lowest BCUT2D eigenvalue weighted by molar-refractivity contribution is -0.137. The van der Waals surface area contributed by atoms with Gasteiger partial charge in [0.05, 0.1) is 6.42 Å². The molecular formula is C17H19NO2. The molecule has 0 radical (unpaired) electrons. The van der Waals surface area contributed by atoms with Gasteiger partial charge in [-0.1, -0.05) is 47.5 Å². The number of carbonyl (C=O) groups is 1. The van der Waals surface area contributed by atoms with E-state index in [1.807, 2.05) is 24.3 Å². The van der Waals surface area contributed by atoms with E-state index in [1.165, 1.54) is 11.1 Å². The number of aliphatic carboxylic acids is 1. The molecule has 0 aliphatic rings.